The predicted molar refractivity (Wildman–Crippen MR) is 130 cm³/mol. The summed E-state index contributed by atoms with van der Waals surface area (Å²) in [5.74, 6) is 1.54. The second-order valence-electron chi connectivity index (χ2n) is 10.9. The molecular weight excluding hydrogens is 428 g/mol. The zero-order chi connectivity index (χ0) is 23.3. The summed E-state index contributed by atoms with van der Waals surface area (Å²) in [6.45, 7) is 5.36. The second-order valence-corrected chi connectivity index (χ2v) is 10.9. The second kappa shape index (κ2) is 8.63. The third-order valence-corrected chi connectivity index (χ3v) is 8.43. The molecule has 2 saturated heterocycles. The molecule has 1 amide bonds. The van der Waals surface area contributed by atoms with Crippen molar-refractivity contribution in [2.75, 3.05) is 38.6 Å². The zero-order valence-corrected chi connectivity index (χ0v) is 19.6. The summed E-state index contributed by atoms with van der Waals surface area (Å²) < 4.78 is 5.35. The first-order chi connectivity index (χ1) is 16.5. The molecule has 2 aliphatic heterocycles. The van der Waals surface area contributed by atoms with E-state index in [9.17, 15) is 9.90 Å². The van der Waals surface area contributed by atoms with Crippen LogP contribution in [0.1, 0.15) is 48.0 Å². The Morgan fingerprint density at radius 3 is 2.65 bits per heavy atom. The maximum absolute atomic E-state index is 12.9. The lowest BCUT2D eigenvalue weighted by molar-refractivity contribution is -0.0452. The number of nitrogens with two attached hydrogens (primary N) is 1. The fourth-order valence-electron chi connectivity index (χ4n) is 6.22. The first kappa shape index (κ1) is 22.0. The Hall–Kier alpha value is -2.48. The summed E-state index contributed by atoms with van der Waals surface area (Å²) >= 11 is 0. The maximum Gasteiger partial charge on any atom is 0.255 e. The SMILES string of the molecule is Nc1ncc(-c2ccc([C@]34C[C@H]3CN(CC3COC3)C4)cc2)cc1C(=O)NC1CCC(O)CC1. The molecule has 2 aromatic rings. The van der Waals surface area contributed by atoms with E-state index in [0.717, 1.165) is 62.5 Å². The smallest absolute Gasteiger partial charge is 0.255 e. The highest BCUT2D eigenvalue weighted by molar-refractivity contribution is 5.99. The number of hydrogen-bond donors (Lipinski definition) is 3. The van der Waals surface area contributed by atoms with E-state index in [1.807, 2.05) is 6.07 Å². The van der Waals surface area contributed by atoms with Crippen LogP contribution in [0.15, 0.2) is 36.5 Å². The standard InChI is InChI=1S/C27H34N4O3/c28-25-24(26(33)30-22-5-7-23(32)8-6-22)9-19(11-29-25)18-1-3-20(4-2-18)27-10-21(27)13-31(16-27)12-17-14-34-15-17/h1-4,9,11,17,21-23,32H,5-8,10,12-16H2,(H2,28,29)(H,30,33)/t21-,22?,23?,27+/m0/s1. The van der Waals surface area contributed by atoms with Crippen molar-refractivity contribution in [1.82, 2.24) is 15.2 Å². The molecule has 4 fully saturated rings. The normalized spacial score (nSPS) is 31.0. The maximum atomic E-state index is 12.9. The number of aliphatic hydroxyl groups is 1. The summed E-state index contributed by atoms with van der Waals surface area (Å²) in [7, 11) is 0. The Morgan fingerprint density at radius 2 is 1.94 bits per heavy atom. The number of amides is 1. The Labute approximate surface area is 200 Å². The lowest BCUT2D eigenvalue weighted by Crippen LogP contribution is -2.40. The van der Waals surface area contributed by atoms with Gasteiger partial charge in [0, 0.05) is 48.8 Å². The molecule has 4 aliphatic rings. The van der Waals surface area contributed by atoms with Gasteiger partial charge in [0.05, 0.1) is 24.9 Å². The van der Waals surface area contributed by atoms with Crippen molar-refractivity contribution in [2.24, 2.45) is 11.8 Å². The van der Waals surface area contributed by atoms with E-state index in [1.165, 1.54) is 25.1 Å². The number of nitrogen functional groups attached to an aromatic ring is 1. The number of carbonyl (C=O) groups excluding carboxylic acids is 1. The van der Waals surface area contributed by atoms with Crippen LogP contribution in [0.3, 0.4) is 0 Å². The minimum atomic E-state index is -0.249. The average molecular weight is 463 g/mol. The Kier molecular flexibility index (Phi) is 5.59. The quantitative estimate of drug-likeness (QED) is 0.610. The van der Waals surface area contributed by atoms with Crippen LogP contribution in [0.25, 0.3) is 11.1 Å². The summed E-state index contributed by atoms with van der Waals surface area (Å²) in [5, 5.41) is 12.8. The number of anilines is 1. The molecule has 6 rings (SSSR count). The molecule has 2 aliphatic carbocycles. The van der Waals surface area contributed by atoms with E-state index in [4.69, 9.17) is 10.5 Å². The number of carbonyl (C=O) groups is 1. The van der Waals surface area contributed by atoms with E-state index in [1.54, 1.807) is 6.20 Å². The molecule has 0 bridgehead atoms. The van der Waals surface area contributed by atoms with Gasteiger partial charge in [-0.3, -0.25) is 4.79 Å². The van der Waals surface area contributed by atoms with Crippen LogP contribution < -0.4 is 11.1 Å². The van der Waals surface area contributed by atoms with Crippen LogP contribution in [-0.4, -0.2) is 65.9 Å². The van der Waals surface area contributed by atoms with Crippen molar-refractivity contribution in [3.8, 4) is 11.1 Å². The van der Waals surface area contributed by atoms with Crippen LogP contribution >= 0.6 is 0 Å². The highest BCUT2D eigenvalue weighted by Gasteiger charge is 2.60. The molecule has 7 heteroatoms. The van der Waals surface area contributed by atoms with Gasteiger partial charge in [0.1, 0.15) is 5.82 Å². The number of piperidine rings is 1. The summed E-state index contributed by atoms with van der Waals surface area (Å²) in [6, 6.07) is 10.7. The van der Waals surface area contributed by atoms with Gasteiger partial charge in [-0.1, -0.05) is 24.3 Å². The number of aromatic nitrogens is 1. The number of nitrogens with zero attached hydrogens (tertiary/aromatic N) is 2. The number of nitrogens with one attached hydrogen (secondary N) is 1. The largest absolute Gasteiger partial charge is 0.393 e. The van der Waals surface area contributed by atoms with Gasteiger partial charge in [-0.15, -0.1) is 0 Å². The highest BCUT2D eigenvalue weighted by Crippen LogP contribution is 2.59. The van der Waals surface area contributed by atoms with E-state index < -0.39 is 0 Å². The van der Waals surface area contributed by atoms with E-state index >= 15 is 0 Å². The Morgan fingerprint density at radius 1 is 1.18 bits per heavy atom. The molecule has 3 heterocycles. The van der Waals surface area contributed by atoms with E-state index in [0.29, 0.717) is 16.9 Å². The number of fused-ring (bicyclic) bond motifs is 1. The molecule has 0 spiro atoms. The molecule has 1 aromatic heterocycles. The van der Waals surface area contributed by atoms with Crippen molar-refractivity contribution in [3.63, 3.8) is 0 Å². The number of ether oxygens (including phenoxy) is 1. The number of rotatable bonds is 6. The molecule has 0 unspecified atom stereocenters. The lowest BCUT2D eigenvalue weighted by atomic mass is 9.92. The van der Waals surface area contributed by atoms with Crippen LogP contribution in [0.2, 0.25) is 0 Å². The fourth-order valence-corrected chi connectivity index (χ4v) is 6.22. The molecule has 2 atom stereocenters. The number of pyridine rings is 1. The molecule has 7 nitrogen and oxygen atoms in total. The molecule has 0 radical (unpaired) electrons. The molecule has 2 saturated carbocycles. The number of likely N-dealkylation sites (tertiary alicyclic amines) is 1. The topological polar surface area (TPSA) is 101 Å². The number of hydrogen-bond acceptors (Lipinski definition) is 6. The van der Waals surface area contributed by atoms with E-state index in [2.05, 4.69) is 39.5 Å². The highest BCUT2D eigenvalue weighted by atomic mass is 16.5. The van der Waals surface area contributed by atoms with Gasteiger partial charge < -0.3 is 25.8 Å². The van der Waals surface area contributed by atoms with Crippen molar-refractivity contribution in [1.29, 1.82) is 0 Å². The van der Waals surface area contributed by atoms with Gasteiger partial charge >= 0.3 is 0 Å². The average Bonchev–Trinajstić information content (AvgIpc) is 3.39. The number of aliphatic hydroxyl groups excluding tert-OH is 1. The Balaban J connectivity index is 1.14. The molecule has 1 aromatic carbocycles. The van der Waals surface area contributed by atoms with Crippen molar-refractivity contribution in [2.45, 2.75) is 49.7 Å². The summed E-state index contributed by atoms with van der Waals surface area (Å²) in [6.07, 6.45) is 5.80. The van der Waals surface area contributed by atoms with Crippen molar-refractivity contribution < 1.29 is 14.6 Å². The minimum absolute atomic E-state index is 0.0757. The van der Waals surface area contributed by atoms with Gasteiger partial charge in [0.25, 0.3) is 5.91 Å². The molecule has 180 valence electrons. The third kappa shape index (κ3) is 4.10. The number of benzene rings is 1. The first-order valence-corrected chi connectivity index (χ1v) is 12.7. The van der Waals surface area contributed by atoms with Crippen molar-refractivity contribution in [3.05, 3.63) is 47.7 Å². The molecule has 34 heavy (non-hydrogen) atoms. The van der Waals surface area contributed by atoms with Crippen LogP contribution in [-0.2, 0) is 10.2 Å². The first-order valence-electron chi connectivity index (χ1n) is 12.7. The minimum Gasteiger partial charge on any atom is -0.393 e. The molecular formula is C27H34N4O3. The third-order valence-electron chi connectivity index (χ3n) is 8.43. The fraction of sp³-hybridized carbons (Fsp3) is 0.556. The molecule has 4 N–H and O–H groups in total. The van der Waals surface area contributed by atoms with Gasteiger partial charge in [-0.2, -0.15) is 0 Å². The Bertz CT molecular complexity index is 1060. The van der Waals surface area contributed by atoms with E-state index in [-0.39, 0.29) is 23.9 Å². The van der Waals surface area contributed by atoms with Crippen LogP contribution in [0, 0.1) is 11.8 Å². The summed E-state index contributed by atoms with van der Waals surface area (Å²) in [5.41, 5.74) is 10.2. The van der Waals surface area contributed by atoms with Gasteiger partial charge in [-0.05, 0) is 55.2 Å². The van der Waals surface area contributed by atoms with Gasteiger partial charge in [0.15, 0.2) is 0 Å². The lowest BCUT2D eigenvalue weighted by Gasteiger charge is -2.31. The van der Waals surface area contributed by atoms with Crippen LogP contribution in [0.4, 0.5) is 5.82 Å². The predicted octanol–water partition coefficient (Wildman–Crippen LogP) is 2.58. The van der Waals surface area contributed by atoms with Crippen LogP contribution in [0.5, 0.6) is 0 Å². The van der Waals surface area contributed by atoms with Crippen molar-refractivity contribution >= 4 is 11.7 Å². The van der Waals surface area contributed by atoms with Gasteiger partial charge in [-0.25, -0.2) is 4.98 Å². The monoisotopic (exact) mass is 462 g/mol. The zero-order valence-electron chi connectivity index (χ0n) is 19.6. The van der Waals surface area contributed by atoms with Gasteiger partial charge in [0.2, 0.25) is 0 Å². The summed E-state index contributed by atoms with van der Waals surface area (Å²) in [4.78, 5) is 19.8.